The van der Waals surface area contributed by atoms with Crippen molar-refractivity contribution in [2.75, 3.05) is 12.4 Å². The fourth-order valence-corrected chi connectivity index (χ4v) is 3.30. The topological polar surface area (TPSA) is 101 Å². The summed E-state index contributed by atoms with van der Waals surface area (Å²) in [6, 6.07) is 15.1. The van der Waals surface area contributed by atoms with E-state index in [2.05, 4.69) is 20.3 Å². The molecule has 0 amide bonds. The van der Waals surface area contributed by atoms with Gasteiger partial charge in [0.1, 0.15) is 53.2 Å². The fourth-order valence-electron chi connectivity index (χ4n) is 3.30. The second-order valence-electron chi connectivity index (χ2n) is 6.63. The molecule has 0 atom stereocenters. The van der Waals surface area contributed by atoms with Crippen molar-refractivity contribution < 1.29 is 9.15 Å². The molecule has 0 aliphatic rings. The number of ether oxygens (including phenoxy) is 1. The third-order valence-electron chi connectivity index (χ3n) is 4.72. The van der Waals surface area contributed by atoms with Gasteiger partial charge in [0.15, 0.2) is 5.76 Å². The number of fused-ring (bicyclic) bond motifs is 2. The first-order chi connectivity index (χ1) is 14.7. The highest BCUT2D eigenvalue weighted by atomic mass is 16.5. The molecule has 0 saturated carbocycles. The summed E-state index contributed by atoms with van der Waals surface area (Å²) in [5.41, 5.74) is 3.29. The number of nitriles is 1. The molecule has 0 aliphatic heterocycles. The molecule has 4 heterocycles. The molecule has 146 valence electrons. The number of hydrogen-bond acceptors (Lipinski definition) is 7. The normalized spacial score (nSPS) is 10.9. The zero-order valence-corrected chi connectivity index (χ0v) is 16.0. The third-order valence-corrected chi connectivity index (χ3v) is 4.72. The van der Waals surface area contributed by atoms with E-state index in [1.54, 1.807) is 36.2 Å². The van der Waals surface area contributed by atoms with Gasteiger partial charge in [0.05, 0.1) is 0 Å². The number of imidazole rings is 1. The predicted molar refractivity (Wildman–Crippen MR) is 111 cm³/mol. The number of benzene rings is 1. The molecular weight excluding hydrogens is 380 g/mol. The minimum absolute atomic E-state index is 0.307. The van der Waals surface area contributed by atoms with E-state index in [0.717, 1.165) is 28.1 Å². The molecule has 0 aliphatic carbocycles. The first kappa shape index (κ1) is 17.7. The highest BCUT2D eigenvalue weighted by Crippen LogP contribution is 2.34. The van der Waals surface area contributed by atoms with Crippen LogP contribution in [0.25, 0.3) is 28.1 Å². The number of furan rings is 1. The van der Waals surface area contributed by atoms with Crippen LogP contribution in [0.2, 0.25) is 0 Å². The summed E-state index contributed by atoms with van der Waals surface area (Å²) in [5.74, 6) is 2.08. The van der Waals surface area contributed by atoms with Crippen LogP contribution >= 0.6 is 0 Å². The van der Waals surface area contributed by atoms with Gasteiger partial charge < -0.3 is 14.5 Å². The number of pyridine rings is 1. The number of hydrogen-bond donors (Lipinski definition) is 1. The van der Waals surface area contributed by atoms with E-state index >= 15 is 0 Å². The highest BCUT2D eigenvalue weighted by Gasteiger charge is 2.18. The number of rotatable bonds is 5. The molecule has 0 spiro atoms. The van der Waals surface area contributed by atoms with Crippen molar-refractivity contribution >= 4 is 22.4 Å². The van der Waals surface area contributed by atoms with Crippen LogP contribution in [0, 0.1) is 11.3 Å². The minimum atomic E-state index is 0.307. The van der Waals surface area contributed by atoms with Crippen molar-refractivity contribution in [1.82, 2.24) is 19.4 Å². The first-order valence-electron chi connectivity index (χ1n) is 9.27. The van der Waals surface area contributed by atoms with Crippen LogP contribution in [0.1, 0.15) is 11.3 Å². The second-order valence-corrected chi connectivity index (χ2v) is 6.63. The van der Waals surface area contributed by atoms with E-state index in [-0.39, 0.29) is 0 Å². The molecule has 0 saturated heterocycles. The van der Waals surface area contributed by atoms with Gasteiger partial charge >= 0.3 is 0 Å². The summed E-state index contributed by atoms with van der Waals surface area (Å²) in [4.78, 5) is 12.8. The van der Waals surface area contributed by atoms with Gasteiger partial charge in [-0.15, -0.1) is 0 Å². The van der Waals surface area contributed by atoms with E-state index in [1.165, 1.54) is 0 Å². The summed E-state index contributed by atoms with van der Waals surface area (Å²) in [6.45, 7) is 0.439. The van der Waals surface area contributed by atoms with Gasteiger partial charge in [-0.1, -0.05) is 6.07 Å². The van der Waals surface area contributed by atoms with Crippen molar-refractivity contribution in [3.05, 3.63) is 72.4 Å². The zero-order valence-electron chi connectivity index (χ0n) is 16.0. The van der Waals surface area contributed by atoms with Crippen LogP contribution in [0.15, 0.2) is 65.6 Å². The highest BCUT2D eigenvalue weighted by molar-refractivity contribution is 5.86. The van der Waals surface area contributed by atoms with Crippen LogP contribution in [-0.2, 0) is 6.61 Å². The molecule has 0 fully saturated rings. The molecule has 1 N–H and O–H groups in total. The largest absolute Gasteiger partial charge is 0.489 e. The molecule has 8 heteroatoms. The Morgan fingerprint density at radius 1 is 1.23 bits per heavy atom. The van der Waals surface area contributed by atoms with Crippen LogP contribution in [0.3, 0.4) is 0 Å². The number of nitrogens with zero attached hydrogens (tertiary/aromatic N) is 5. The van der Waals surface area contributed by atoms with Crippen molar-refractivity contribution in [3.8, 4) is 23.3 Å². The quantitative estimate of drug-likeness (QED) is 0.478. The van der Waals surface area contributed by atoms with Gasteiger partial charge in [-0.2, -0.15) is 5.26 Å². The van der Waals surface area contributed by atoms with E-state index in [4.69, 9.17) is 14.4 Å². The molecule has 0 radical (unpaired) electrons. The van der Waals surface area contributed by atoms with Crippen LogP contribution in [-0.4, -0.2) is 26.4 Å². The van der Waals surface area contributed by atoms with Gasteiger partial charge in [-0.3, -0.25) is 9.38 Å². The molecule has 8 nitrogen and oxygen atoms in total. The number of nitrogens with one attached hydrogen (secondary N) is 1. The molecule has 5 aromatic rings. The fraction of sp³-hybridized carbons (Fsp3) is 0.0909. The maximum absolute atomic E-state index is 9.09. The average molecular weight is 396 g/mol. The molecule has 1 aromatic carbocycles. The summed E-state index contributed by atoms with van der Waals surface area (Å²) in [5, 5.41) is 13.1. The van der Waals surface area contributed by atoms with E-state index in [1.807, 2.05) is 42.5 Å². The van der Waals surface area contributed by atoms with Gasteiger partial charge in [-0.05, 0) is 30.3 Å². The van der Waals surface area contributed by atoms with Crippen molar-refractivity contribution in [2.45, 2.75) is 6.61 Å². The molecule has 4 aromatic heterocycles. The van der Waals surface area contributed by atoms with E-state index in [0.29, 0.717) is 29.4 Å². The summed E-state index contributed by atoms with van der Waals surface area (Å²) in [7, 11) is 1.80. The van der Waals surface area contributed by atoms with E-state index in [9.17, 15) is 0 Å². The van der Waals surface area contributed by atoms with Crippen LogP contribution in [0.5, 0.6) is 5.75 Å². The lowest BCUT2D eigenvalue weighted by Crippen LogP contribution is -1.97. The SMILES string of the molecule is CNc1c(-c2cc3cc(OCc4cccnc4)ccc3o2)nc2cc(C#N)ncn12. The number of anilines is 1. The average Bonchev–Trinajstić information content (AvgIpc) is 3.38. The number of aromatic nitrogens is 4. The summed E-state index contributed by atoms with van der Waals surface area (Å²) < 4.78 is 13.7. The van der Waals surface area contributed by atoms with Gasteiger partial charge in [0.2, 0.25) is 0 Å². The molecule has 0 bridgehead atoms. The second kappa shape index (κ2) is 7.22. The van der Waals surface area contributed by atoms with Gasteiger partial charge in [0, 0.05) is 36.5 Å². The Hall–Kier alpha value is -4.38. The Kier molecular flexibility index (Phi) is 4.26. The van der Waals surface area contributed by atoms with Crippen LogP contribution < -0.4 is 10.1 Å². The molecular formula is C22H16N6O2. The smallest absolute Gasteiger partial charge is 0.157 e. The Morgan fingerprint density at radius 3 is 2.97 bits per heavy atom. The van der Waals surface area contributed by atoms with Crippen molar-refractivity contribution in [2.24, 2.45) is 0 Å². The lowest BCUT2D eigenvalue weighted by molar-refractivity contribution is 0.306. The Balaban J connectivity index is 1.50. The lowest BCUT2D eigenvalue weighted by atomic mass is 10.2. The van der Waals surface area contributed by atoms with E-state index < -0.39 is 0 Å². The van der Waals surface area contributed by atoms with Gasteiger partial charge in [-0.25, -0.2) is 9.97 Å². The first-order valence-corrected chi connectivity index (χ1v) is 9.27. The predicted octanol–water partition coefficient (Wildman–Crippen LogP) is 4.03. The molecule has 5 rings (SSSR count). The lowest BCUT2D eigenvalue weighted by Gasteiger charge is -2.05. The zero-order chi connectivity index (χ0) is 20.5. The minimum Gasteiger partial charge on any atom is -0.489 e. The third kappa shape index (κ3) is 3.08. The van der Waals surface area contributed by atoms with Gasteiger partial charge in [0.25, 0.3) is 0 Å². The Labute approximate surface area is 171 Å². The monoisotopic (exact) mass is 396 g/mol. The van der Waals surface area contributed by atoms with Crippen molar-refractivity contribution in [3.63, 3.8) is 0 Å². The summed E-state index contributed by atoms with van der Waals surface area (Å²) >= 11 is 0. The van der Waals surface area contributed by atoms with Crippen LogP contribution in [0.4, 0.5) is 5.82 Å². The maximum atomic E-state index is 9.09. The molecule has 0 unspecified atom stereocenters. The Bertz CT molecular complexity index is 1400. The Morgan fingerprint density at radius 2 is 2.17 bits per heavy atom. The standard InChI is InChI=1S/C22H16N6O2/c1-24-22-21(27-20-9-16(10-23)26-13-28(20)22)19-8-15-7-17(4-5-18(15)30-19)29-12-14-3-2-6-25-11-14/h2-9,11,13,24H,12H2,1H3. The van der Waals surface area contributed by atoms with Crippen molar-refractivity contribution in [1.29, 1.82) is 5.26 Å². The summed E-state index contributed by atoms with van der Waals surface area (Å²) in [6.07, 6.45) is 5.09. The molecule has 30 heavy (non-hydrogen) atoms. The maximum Gasteiger partial charge on any atom is 0.157 e.